The molecule has 4 bridgehead atoms. The van der Waals surface area contributed by atoms with E-state index in [1.165, 1.54) is 0 Å². The fourth-order valence-electron chi connectivity index (χ4n) is 8.82. The number of cyclic esters (lactones) is 1. The van der Waals surface area contributed by atoms with E-state index in [9.17, 15) is 24.3 Å². The average Bonchev–Trinajstić information content (AvgIpc) is 3.07. The van der Waals surface area contributed by atoms with Gasteiger partial charge in [0, 0.05) is 19.3 Å². The van der Waals surface area contributed by atoms with Crippen molar-refractivity contribution in [3.63, 3.8) is 0 Å². The van der Waals surface area contributed by atoms with Crippen LogP contribution in [0.1, 0.15) is 155 Å². The molecule has 7 unspecified atom stereocenters. The third-order valence-corrected chi connectivity index (χ3v) is 11.2. The van der Waals surface area contributed by atoms with Gasteiger partial charge in [0.1, 0.15) is 11.2 Å². The summed E-state index contributed by atoms with van der Waals surface area (Å²) in [5, 5.41) is 11.6. The molecule has 7 atom stereocenters. The molecule has 6 fully saturated rings. The van der Waals surface area contributed by atoms with Crippen molar-refractivity contribution in [1.82, 2.24) is 0 Å². The third kappa shape index (κ3) is 7.84. The van der Waals surface area contributed by atoms with Crippen LogP contribution < -0.4 is 0 Å². The average molecular weight is 671 g/mol. The zero-order chi connectivity index (χ0) is 31.7. The number of carbonyl (C=O) groups excluding carboxylic acids is 4. The molecule has 10 nitrogen and oxygen atoms in total. The Labute approximate surface area is 284 Å². The van der Waals surface area contributed by atoms with Gasteiger partial charge in [0.05, 0.1) is 34.9 Å². The Balaban J connectivity index is 0.00000276. The standard InChI is InChI=1S/C33H50O10.4CH4/c1-8-29(6,17-27(2,3)24(35)42-30(7)16-22(34)41-28(30,4)5)25(36)43-33-15-21-13-31(19-33,18-32(38,14-21)20-33)26(37)40-23-11-9-10-12-39-23;;;;/h21,23,38H,8-20H2,1-7H3;4*1H4. The van der Waals surface area contributed by atoms with Gasteiger partial charge in [-0.3, -0.25) is 19.2 Å². The highest BCUT2D eigenvalue weighted by atomic mass is 16.7. The first kappa shape index (κ1) is 42.8. The quantitative estimate of drug-likeness (QED) is 0.195. The van der Waals surface area contributed by atoms with Gasteiger partial charge in [-0.2, -0.15) is 0 Å². The van der Waals surface area contributed by atoms with Gasteiger partial charge in [0.2, 0.25) is 6.29 Å². The summed E-state index contributed by atoms with van der Waals surface area (Å²) < 4.78 is 29.2. The van der Waals surface area contributed by atoms with E-state index in [1.807, 2.05) is 6.92 Å². The topological polar surface area (TPSA) is 135 Å². The lowest BCUT2D eigenvalue weighted by molar-refractivity contribution is -0.259. The maximum absolute atomic E-state index is 14.1. The van der Waals surface area contributed by atoms with Gasteiger partial charge in [-0.25, -0.2) is 0 Å². The molecule has 0 aromatic carbocycles. The third-order valence-electron chi connectivity index (χ3n) is 11.2. The van der Waals surface area contributed by atoms with Crippen LogP contribution in [0.15, 0.2) is 0 Å². The van der Waals surface area contributed by atoms with Crippen LogP contribution in [0.25, 0.3) is 0 Å². The molecule has 0 radical (unpaired) electrons. The zero-order valence-corrected chi connectivity index (χ0v) is 27.0. The highest BCUT2D eigenvalue weighted by Gasteiger charge is 2.68. The molecule has 2 saturated heterocycles. The summed E-state index contributed by atoms with van der Waals surface area (Å²) in [6.07, 6.45) is 5.12. The van der Waals surface area contributed by atoms with Gasteiger partial charge in [-0.1, -0.05) is 36.6 Å². The minimum absolute atomic E-state index is 0. The number of ether oxygens (including phenoxy) is 5. The Morgan fingerprint density at radius 1 is 0.915 bits per heavy atom. The number of hydrogen-bond donors (Lipinski definition) is 1. The lowest BCUT2D eigenvalue weighted by Gasteiger charge is -2.63. The van der Waals surface area contributed by atoms with Gasteiger partial charge in [0.25, 0.3) is 0 Å². The van der Waals surface area contributed by atoms with E-state index in [0.717, 1.165) is 12.8 Å². The summed E-state index contributed by atoms with van der Waals surface area (Å²) >= 11 is 0. The Bertz CT molecular complexity index is 1170. The smallest absolute Gasteiger partial charge is 0.314 e. The Kier molecular flexibility index (Phi) is 12.7. The lowest BCUT2D eigenvalue weighted by atomic mass is 9.46. The van der Waals surface area contributed by atoms with Gasteiger partial charge < -0.3 is 28.8 Å². The second-order valence-corrected chi connectivity index (χ2v) is 16.0. The molecular weight excluding hydrogens is 604 g/mol. The van der Waals surface area contributed by atoms with Gasteiger partial charge in [0.15, 0.2) is 5.60 Å². The van der Waals surface area contributed by atoms with Crippen LogP contribution in [0.5, 0.6) is 0 Å². The molecule has 1 N–H and O–H groups in total. The summed E-state index contributed by atoms with van der Waals surface area (Å²) in [5.41, 5.74) is -7.28. The molecule has 0 amide bonds. The molecule has 4 aliphatic carbocycles. The summed E-state index contributed by atoms with van der Waals surface area (Å²) in [4.78, 5) is 53.3. The normalized spacial score (nSPS) is 36.1. The fourth-order valence-corrected chi connectivity index (χ4v) is 8.82. The number of esters is 4. The van der Waals surface area contributed by atoms with E-state index in [2.05, 4.69) is 0 Å². The first-order valence-electron chi connectivity index (χ1n) is 16.0. The van der Waals surface area contributed by atoms with E-state index in [1.54, 1.807) is 41.5 Å². The molecule has 0 aromatic heterocycles. The first-order chi connectivity index (χ1) is 19.8. The number of hydrogen-bond acceptors (Lipinski definition) is 10. The molecule has 4 saturated carbocycles. The highest BCUT2D eigenvalue weighted by Crippen LogP contribution is 2.65. The second-order valence-electron chi connectivity index (χ2n) is 16.0. The summed E-state index contributed by atoms with van der Waals surface area (Å²) in [6, 6.07) is 0. The number of aliphatic hydroxyl groups is 1. The highest BCUT2D eigenvalue weighted by molar-refractivity contribution is 5.82. The summed E-state index contributed by atoms with van der Waals surface area (Å²) in [6.45, 7) is 12.8. The predicted octanol–water partition coefficient (Wildman–Crippen LogP) is 7.46. The van der Waals surface area contributed by atoms with E-state index in [4.69, 9.17) is 23.7 Å². The van der Waals surface area contributed by atoms with Crippen molar-refractivity contribution in [2.75, 3.05) is 6.61 Å². The summed E-state index contributed by atoms with van der Waals surface area (Å²) in [5.74, 6) is -1.73. The van der Waals surface area contributed by atoms with Crippen molar-refractivity contribution in [3.8, 4) is 0 Å². The second kappa shape index (κ2) is 14.0. The molecular formula is C37H66O10. The molecule has 274 valence electrons. The van der Waals surface area contributed by atoms with Crippen LogP contribution in [0.4, 0.5) is 0 Å². The maximum atomic E-state index is 14.1. The largest absolute Gasteiger partial charge is 0.458 e. The molecule has 10 heteroatoms. The Morgan fingerprint density at radius 3 is 2.11 bits per heavy atom. The summed E-state index contributed by atoms with van der Waals surface area (Å²) in [7, 11) is 0. The van der Waals surface area contributed by atoms with Crippen LogP contribution in [-0.2, 0) is 42.9 Å². The zero-order valence-electron chi connectivity index (χ0n) is 27.0. The van der Waals surface area contributed by atoms with E-state index >= 15 is 0 Å². The van der Waals surface area contributed by atoms with E-state index in [-0.39, 0.29) is 60.9 Å². The van der Waals surface area contributed by atoms with Gasteiger partial charge in [-0.05, 0) is 98.8 Å². The molecule has 6 aliphatic rings. The monoisotopic (exact) mass is 670 g/mol. The van der Waals surface area contributed by atoms with Gasteiger partial charge in [-0.15, -0.1) is 0 Å². The Morgan fingerprint density at radius 2 is 1.57 bits per heavy atom. The molecule has 2 aliphatic heterocycles. The van der Waals surface area contributed by atoms with Crippen molar-refractivity contribution < 1.29 is 48.0 Å². The molecule has 47 heavy (non-hydrogen) atoms. The first-order valence-corrected chi connectivity index (χ1v) is 16.0. The van der Waals surface area contributed by atoms with Gasteiger partial charge >= 0.3 is 23.9 Å². The van der Waals surface area contributed by atoms with Crippen molar-refractivity contribution in [1.29, 1.82) is 0 Å². The van der Waals surface area contributed by atoms with Crippen LogP contribution >= 0.6 is 0 Å². The van der Waals surface area contributed by atoms with Crippen LogP contribution in [-0.4, -0.2) is 64.3 Å². The minimum atomic E-state index is -1.14. The predicted molar refractivity (Wildman–Crippen MR) is 180 cm³/mol. The van der Waals surface area contributed by atoms with Crippen molar-refractivity contribution >= 4 is 23.9 Å². The van der Waals surface area contributed by atoms with Crippen molar-refractivity contribution in [2.45, 2.75) is 184 Å². The number of rotatable bonds is 9. The van der Waals surface area contributed by atoms with Crippen LogP contribution in [0.2, 0.25) is 0 Å². The van der Waals surface area contributed by atoms with Crippen LogP contribution in [0.3, 0.4) is 0 Å². The maximum Gasteiger partial charge on any atom is 0.314 e. The Hall–Kier alpha value is -2.20. The van der Waals surface area contributed by atoms with Crippen molar-refractivity contribution in [3.05, 3.63) is 0 Å². The molecule has 6 rings (SSSR count). The molecule has 2 heterocycles. The fraction of sp³-hybridized carbons (Fsp3) is 0.892. The van der Waals surface area contributed by atoms with Crippen molar-refractivity contribution in [2.24, 2.45) is 22.2 Å². The van der Waals surface area contributed by atoms with E-state index < -0.39 is 62.8 Å². The van der Waals surface area contributed by atoms with Crippen LogP contribution in [0, 0.1) is 22.2 Å². The SMILES string of the molecule is C.C.C.C.CCC(C)(CC(C)(C)C(=O)OC1(C)CC(=O)OC1(C)C)C(=O)OC12CC3CC(O)(C1)CC(C(=O)OC1CCCCO1)(C3)C2. The molecule has 0 spiro atoms. The lowest BCUT2D eigenvalue weighted by Crippen LogP contribution is -2.67. The molecule has 0 aromatic rings. The van der Waals surface area contributed by atoms with E-state index in [0.29, 0.717) is 51.6 Å². The number of carbonyl (C=O) groups is 4. The minimum Gasteiger partial charge on any atom is -0.458 e.